The zero-order valence-corrected chi connectivity index (χ0v) is 20.2. The lowest BCUT2D eigenvalue weighted by Crippen LogP contribution is -2.44. The van der Waals surface area contributed by atoms with Crippen LogP contribution in [0.25, 0.3) is 0 Å². The SMILES string of the molecule is CN=C(NCCCCN1CCOCC1)N1CCC(NC(=O)OC(C)(C)C)C1.I. The molecule has 9 heteroatoms. The first kappa shape index (κ1) is 25.2. The first-order chi connectivity index (χ1) is 12.9. The van der Waals surface area contributed by atoms with Gasteiger partial charge in [-0.2, -0.15) is 0 Å². The van der Waals surface area contributed by atoms with Gasteiger partial charge in [-0.3, -0.25) is 9.89 Å². The van der Waals surface area contributed by atoms with E-state index >= 15 is 0 Å². The molecular weight excluding hydrogens is 473 g/mol. The van der Waals surface area contributed by atoms with Gasteiger partial charge in [-0.25, -0.2) is 4.79 Å². The average molecular weight is 511 g/mol. The molecule has 1 atom stereocenters. The molecule has 2 aliphatic heterocycles. The van der Waals surface area contributed by atoms with Crippen LogP contribution in [0.4, 0.5) is 4.79 Å². The summed E-state index contributed by atoms with van der Waals surface area (Å²) < 4.78 is 10.7. The molecule has 2 saturated heterocycles. The van der Waals surface area contributed by atoms with Crippen molar-refractivity contribution in [3.8, 4) is 0 Å². The number of hydrogen-bond donors (Lipinski definition) is 2. The number of nitrogens with zero attached hydrogens (tertiary/aromatic N) is 3. The number of rotatable bonds is 6. The van der Waals surface area contributed by atoms with Gasteiger partial charge in [-0.15, -0.1) is 24.0 Å². The molecule has 2 heterocycles. The van der Waals surface area contributed by atoms with Gasteiger partial charge in [0.25, 0.3) is 0 Å². The third-order valence-electron chi connectivity index (χ3n) is 4.71. The fraction of sp³-hybridized carbons (Fsp3) is 0.895. The summed E-state index contributed by atoms with van der Waals surface area (Å²) in [5.74, 6) is 0.912. The van der Waals surface area contributed by atoms with E-state index in [0.717, 1.165) is 71.3 Å². The number of nitrogens with one attached hydrogen (secondary N) is 2. The molecule has 2 aliphatic rings. The van der Waals surface area contributed by atoms with Crippen molar-refractivity contribution in [2.45, 2.75) is 51.7 Å². The predicted molar refractivity (Wildman–Crippen MR) is 123 cm³/mol. The van der Waals surface area contributed by atoms with Crippen LogP contribution in [0.2, 0.25) is 0 Å². The Kier molecular flexibility index (Phi) is 11.4. The van der Waals surface area contributed by atoms with Gasteiger partial charge in [0.2, 0.25) is 0 Å². The van der Waals surface area contributed by atoms with E-state index in [0.29, 0.717) is 0 Å². The molecule has 1 unspecified atom stereocenters. The number of carbonyl (C=O) groups excluding carboxylic acids is 1. The monoisotopic (exact) mass is 511 g/mol. The highest BCUT2D eigenvalue weighted by molar-refractivity contribution is 14.0. The second-order valence-corrected chi connectivity index (χ2v) is 8.21. The quantitative estimate of drug-likeness (QED) is 0.246. The Labute approximate surface area is 186 Å². The smallest absolute Gasteiger partial charge is 0.407 e. The van der Waals surface area contributed by atoms with Crippen LogP contribution in [0.5, 0.6) is 0 Å². The van der Waals surface area contributed by atoms with Gasteiger partial charge in [0.15, 0.2) is 5.96 Å². The lowest BCUT2D eigenvalue weighted by atomic mass is 10.2. The minimum atomic E-state index is -0.471. The zero-order valence-electron chi connectivity index (χ0n) is 17.8. The number of halogens is 1. The summed E-state index contributed by atoms with van der Waals surface area (Å²) in [4.78, 5) is 21.0. The third kappa shape index (κ3) is 9.60. The topological polar surface area (TPSA) is 78.4 Å². The first-order valence-corrected chi connectivity index (χ1v) is 10.1. The van der Waals surface area contributed by atoms with Crippen LogP contribution < -0.4 is 10.6 Å². The molecule has 2 fully saturated rings. The molecule has 1 amide bonds. The van der Waals surface area contributed by atoms with E-state index in [1.165, 1.54) is 6.42 Å². The normalized spacial score (nSPS) is 21.2. The van der Waals surface area contributed by atoms with E-state index in [1.54, 1.807) is 0 Å². The maximum atomic E-state index is 11.9. The van der Waals surface area contributed by atoms with Crippen LogP contribution in [-0.4, -0.2) is 93.0 Å². The summed E-state index contributed by atoms with van der Waals surface area (Å²) in [5.41, 5.74) is -0.471. The summed E-state index contributed by atoms with van der Waals surface area (Å²) >= 11 is 0. The number of morpholine rings is 1. The highest BCUT2D eigenvalue weighted by atomic mass is 127. The molecule has 0 saturated carbocycles. The molecule has 2 N–H and O–H groups in total. The van der Waals surface area contributed by atoms with E-state index in [2.05, 4.69) is 25.4 Å². The lowest BCUT2D eigenvalue weighted by molar-refractivity contribution is 0.0372. The Bertz CT molecular complexity index is 492. The fourth-order valence-electron chi connectivity index (χ4n) is 3.36. The Morgan fingerprint density at radius 1 is 1.21 bits per heavy atom. The second kappa shape index (κ2) is 12.7. The van der Waals surface area contributed by atoms with Crippen LogP contribution in [0.1, 0.15) is 40.0 Å². The van der Waals surface area contributed by atoms with Crippen molar-refractivity contribution in [1.82, 2.24) is 20.4 Å². The summed E-state index contributed by atoms with van der Waals surface area (Å²) in [6.45, 7) is 13.1. The maximum Gasteiger partial charge on any atom is 0.407 e. The molecule has 0 spiro atoms. The van der Waals surface area contributed by atoms with Crippen molar-refractivity contribution in [2.75, 3.05) is 59.5 Å². The molecule has 0 aromatic rings. The van der Waals surface area contributed by atoms with Gasteiger partial charge in [-0.1, -0.05) is 0 Å². The van der Waals surface area contributed by atoms with Gasteiger partial charge < -0.3 is 25.0 Å². The molecule has 0 aromatic heterocycles. The van der Waals surface area contributed by atoms with E-state index in [4.69, 9.17) is 9.47 Å². The van der Waals surface area contributed by atoms with Crippen molar-refractivity contribution >= 4 is 36.0 Å². The molecular formula is C19H38IN5O3. The number of amides is 1. The molecule has 28 heavy (non-hydrogen) atoms. The molecule has 0 aliphatic carbocycles. The molecule has 0 radical (unpaired) electrons. The van der Waals surface area contributed by atoms with Gasteiger partial charge in [0.1, 0.15) is 5.60 Å². The van der Waals surface area contributed by atoms with Crippen LogP contribution >= 0.6 is 24.0 Å². The number of carbonyl (C=O) groups is 1. The Hall–Kier alpha value is -0.810. The van der Waals surface area contributed by atoms with Gasteiger partial charge >= 0.3 is 6.09 Å². The number of aliphatic imine (C=N–C) groups is 1. The maximum absolute atomic E-state index is 11.9. The van der Waals surface area contributed by atoms with Crippen molar-refractivity contribution in [3.05, 3.63) is 0 Å². The van der Waals surface area contributed by atoms with E-state index < -0.39 is 5.60 Å². The predicted octanol–water partition coefficient (Wildman–Crippen LogP) is 1.89. The molecule has 0 bridgehead atoms. The molecule has 0 aromatic carbocycles. The largest absolute Gasteiger partial charge is 0.444 e. The van der Waals surface area contributed by atoms with Crippen molar-refractivity contribution in [3.63, 3.8) is 0 Å². The van der Waals surface area contributed by atoms with E-state index in [-0.39, 0.29) is 36.1 Å². The van der Waals surface area contributed by atoms with Crippen LogP contribution in [0, 0.1) is 0 Å². The van der Waals surface area contributed by atoms with Crippen molar-refractivity contribution < 1.29 is 14.3 Å². The van der Waals surface area contributed by atoms with E-state index in [1.807, 2.05) is 27.8 Å². The number of ether oxygens (including phenoxy) is 2. The number of alkyl carbamates (subject to hydrolysis) is 1. The minimum absolute atomic E-state index is 0. The first-order valence-electron chi connectivity index (χ1n) is 10.1. The standard InChI is InChI=1S/C19H37N5O3.HI/c1-19(2,3)27-18(25)22-16-7-10-24(15-16)17(20-4)21-8-5-6-9-23-11-13-26-14-12-23;/h16H,5-15H2,1-4H3,(H,20,21)(H,22,25);1H. The van der Waals surface area contributed by atoms with Crippen LogP contribution in [0.3, 0.4) is 0 Å². The highest BCUT2D eigenvalue weighted by Crippen LogP contribution is 2.12. The summed E-state index contributed by atoms with van der Waals surface area (Å²) in [6, 6.07) is 0.0970. The second-order valence-electron chi connectivity index (χ2n) is 8.21. The van der Waals surface area contributed by atoms with Gasteiger partial charge in [-0.05, 0) is 46.6 Å². The summed E-state index contributed by atoms with van der Waals surface area (Å²) in [5, 5.41) is 6.41. The van der Waals surface area contributed by atoms with Gasteiger partial charge in [0.05, 0.1) is 19.3 Å². The average Bonchev–Trinajstić information content (AvgIpc) is 3.05. The fourth-order valence-corrected chi connectivity index (χ4v) is 3.36. The molecule has 164 valence electrons. The number of unbranched alkanes of at least 4 members (excludes halogenated alkanes) is 1. The van der Waals surface area contributed by atoms with Crippen molar-refractivity contribution in [1.29, 1.82) is 0 Å². The summed E-state index contributed by atoms with van der Waals surface area (Å²) in [6.07, 6.45) is 2.84. The molecule has 2 rings (SSSR count). The van der Waals surface area contributed by atoms with Gasteiger partial charge in [0, 0.05) is 39.8 Å². The van der Waals surface area contributed by atoms with Crippen LogP contribution in [0.15, 0.2) is 4.99 Å². The van der Waals surface area contributed by atoms with E-state index in [9.17, 15) is 4.79 Å². The Balaban J connectivity index is 0.00000392. The number of hydrogen-bond acceptors (Lipinski definition) is 5. The zero-order chi connectivity index (χ0) is 19.7. The summed E-state index contributed by atoms with van der Waals surface area (Å²) in [7, 11) is 1.81. The number of guanidine groups is 1. The number of likely N-dealkylation sites (tertiary alicyclic amines) is 1. The molecule has 8 nitrogen and oxygen atoms in total. The minimum Gasteiger partial charge on any atom is -0.444 e. The third-order valence-corrected chi connectivity index (χ3v) is 4.71. The Morgan fingerprint density at radius 3 is 2.57 bits per heavy atom. The highest BCUT2D eigenvalue weighted by Gasteiger charge is 2.27. The van der Waals surface area contributed by atoms with Crippen LogP contribution in [-0.2, 0) is 9.47 Å². The Morgan fingerprint density at radius 2 is 1.93 bits per heavy atom. The lowest BCUT2D eigenvalue weighted by Gasteiger charge is -2.26. The van der Waals surface area contributed by atoms with Crippen molar-refractivity contribution in [2.24, 2.45) is 4.99 Å².